The summed E-state index contributed by atoms with van der Waals surface area (Å²) in [6.07, 6.45) is 4.68. The number of aliphatic hydroxyl groups excluding tert-OH is 3. The molecule has 0 amide bonds. The Kier molecular flexibility index (Phi) is 24.5. The Morgan fingerprint density at radius 3 is 1.30 bits per heavy atom. The van der Waals surface area contributed by atoms with Crippen molar-refractivity contribution in [1.82, 2.24) is 42.4 Å². The van der Waals surface area contributed by atoms with E-state index in [1.54, 1.807) is 45.7 Å². The highest BCUT2D eigenvalue weighted by atomic mass is 35.5. The fourth-order valence-corrected chi connectivity index (χ4v) is 12.7. The molecule has 0 spiro atoms. The van der Waals surface area contributed by atoms with Crippen molar-refractivity contribution in [3.63, 3.8) is 0 Å². The van der Waals surface area contributed by atoms with Crippen LogP contribution in [0.3, 0.4) is 0 Å². The maximum absolute atomic E-state index is 13.7. The fourth-order valence-electron chi connectivity index (χ4n) is 12.6. The van der Waals surface area contributed by atoms with Gasteiger partial charge in [-0.25, -0.2) is 14.4 Å². The van der Waals surface area contributed by atoms with Crippen molar-refractivity contribution < 1.29 is 28.8 Å². The molecule has 5 aromatic carbocycles. The Labute approximate surface area is 582 Å². The van der Waals surface area contributed by atoms with E-state index in [0.717, 1.165) is 61.3 Å². The minimum atomic E-state index is -3.36. The van der Waals surface area contributed by atoms with Crippen LogP contribution in [-0.4, -0.2) is 83.6 Å². The van der Waals surface area contributed by atoms with Crippen LogP contribution in [0, 0.1) is 5.92 Å². The summed E-state index contributed by atoms with van der Waals surface area (Å²) in [4.78, 5) is 93.5. The summed E-state index contributed by atoms with van der Waals surface area (Å²) >= 11 is 6.10. The van der Waals surface area contributed by atoms with Crippen LogP contribution in [-0.2, 0) is 60.0 Å². The number of pyridine rings is 3. The van der Waals surface area contributed by atoms with Gasteiger partial charge in [0.1, 0.15) is 5.75 Å². The number of benzene rings is 5. The van der Waals surface area contributed by atoms with E-state index >= 15 is 0 Å². The highest BCUT2D eigenvalue weighted by Gasteiger charge is 2.27. The van der Waals surface area contributed by atoms with E-state index in [0.29, 0.717) is 105 Å². The Morgan fingerprint density at radius 2 is 0.880 bits per heavy atom. The van der Waals surface area contributed by atoms with Gasteiger partial charge < -0.3 is 20.1 Å². The largest absolute Gasteiger partial charge is 0.433 e. The van der Waals surface area contributed by atoms with Gasteiger partial charge in [-0.3, -0.25) is 56.7 Å². The minimum absolute atomic E-state index is 0.0385. The highest BCUT2D eigenvalue weighted by Crippen LogP contribution is 2.37. The van der Waals surface area contributed by atoms with E-state index in [9.17, 15) is 52.9 Å². The zero-order valence-corrected chi connectivity index (χ0v) is 58.9. The molecule has 0 unspecified atom stereocenters. The number of alkyl halides is 2. The van der Waals surface area contributed by atoms with Crippen LogP contribution in [0.5, 0.6) is 5.75 Å². The molecule has 6 heterocycles. The maximum Gasteiger partial charge on any atom is 0.394 e. The molecule has 22 heteroatoms. The van der Waals surface area contributed by atoms with Crippen molar-refractivity contribution in [2.75, 3.05) is 19.8 Å². The van der Waals surface area contributed by atoms with E-state index in [-0.39, 0.29) is 74.4 Å². The maximum atomic E-state index is 13.7. The number of hydrogen-bond acceptors (Lipinski definition) is 13. The number of aliphatic hydroxyl groups is 3. The highest BCUT2D eigenvalue weighted by molar-refractivity contribution is 6.30. The number of rotatable bonds is 23. The second kappa shape index (κ2) is 32.9. The molecule has 0 aliphatic rings. The number of nitrogens with zero attached hydrogens (tertiary/aromatic N) is 9. The summed E-state index contributed by atoms with van der Waals surface area (Å²) in [5.74, 6) is 1.00. The number of fused-ring (bicyclic) bond motifs is 3. The van der Waals surface area contributed by atoms with Crippen molar-refractivity contribution in [1.29, 1.82) is 0 Å². The third kappa shape index (κ3) is 16.6. The Hall–Kier alpha value is -9.80. The molecule has 3 N–H and O–H groups in total. The second-order valence-electron chi connectivity index (χ2n) is 26.0. The van der Waals surface area contributed by atoms with Gasteiger partial charge in [-0.15, -0.1) is 0 Å². The molecule has 19 nitrogen and oxygen atoms in total. The zero-order valence-electron chi connectivity index (χ0n) is 58.1. The predicted octanol–water partition coefficient (Wildman–Crippen LogP) is 12.1. The van der Waals surface area contributed by atoms with Gasteiger partial charge in [0.15, 0.2) is 0 Å². The van der Waals surface area contributed by atoms with Gasteiger partial charge in [0.2, 0.25) is 0 Å². The van der Waals surface area contributed by atoms with Crippen molar-refractivity contribution in [2.24, 2.45) is 27.1 Å². The van der Waals surface area contributed by atoms with Gasteiger partial charge in [-0.1, -0.05) is 156 Å². The minimum Gasteiger partial charge on any atom is -0.433 e. The van der Waals surface area contributed by atoms with Crippen LogP contribution < -0.4 is 38.5 Å². The lowest BCUT2D eigenvalue weighted by atomic mass is 9.90. The predicted molar refractivity (Wildman–Crippen MR) is 391 cm³/mol. The first-order valence-corrected chi connectivity index (χ1v) is 34.0. The van der Waals surface area contributed by atoms with Crippen LogP contribution in [0.1, 0.15) is 125 Å². The third-order valence-electron chi connectivity index (χ3n) is 17.7. The number of aryl methyl sites for hydroxylation is 4. The molecule has 0 saturated carbocycles. The third-order valence-corrected chi connectivity index (χ3v) is 17.9. The molecular weight excluding hydrogens is 1300 g/mol. The summed E-state index contributed by atoms with van der Waals surface area (Å²) in [6.45, 7) is 13.6. The van der Waals surface area contributed by atoms with Crippen LogP contribution in [0.25, 0.3) is 66.5 Å². The zero-order chi connectivity index (χ0) is 72.3. The Balaban J connectivity index is 0.000000175. The van der Waals surface area contributed by atoms with Crippen molar-refractivity contribution in [3.05, 3.63) is 252 Å². The molecular formula is C78H86ClF2N9O10. The topological polar surface area (TPSA) is 241 Å². The molecule has 524 valence electrons. The molecule has 0 aliphatic carbocycles. The summed E-state index contributed by atoms with van der Waals surface area (Å²) in [7, 11) is 4.88. The summed E-state index contributed by atoms with van der Waals surface area (Å²) in [5.41, 5.74) is 9.90. The lowest BCUT2D eigenvalue weighted by Crippen LogP contribution is -2.39. The molecule has 0 bridgehead atoms. The van der Waals surface area contributed by atoms with Gasteiger partial charge in [0, 0.05) is 102 Å². The number of hydrogen-bond donors (Lipinski definition) is 3. The molecule has 0 aliphatic heterocycles. The van der Waals surface area contributed by atoms with Gasteiger partial charge in [-0.2, -0.15) is 8.78 Å². The Morgan fingerprint density at radius 1 is 0.490 bits per heavy atom. The standard InChI is InChI=1S/C27H28ClN3O3.C26H25F2N3O4.C25H33N3O3/c1-17(2)20-7-4-5-8-21(20)25-22(15-18-9-11-19(28)12-10-18)24-23(16-29-25)30(3)27(34)31(26(24)33)13-6-14-32;1-26(27,28)35-19-11-6-10-18(15-19)23-20(14-17-8-4-3-5-9-17)22-21(16-29-23)30(2)25(34)31(24(22)33)12-7-13-32;1-16(2)11-12-20-22-21(27(5)25(31)28(24(22)30)13-8-14-29)15-26-23(20)19-10-7-6-9-18(19)17(3)4/h4-5,7-12,16-17,32H,6,13-15H2,1-3H3;3-6,8-11,15-16,32H,7,12-14H2,1-2H3;6-7,9-10,15-17,29H,8,11-14H2,1-5H3. The molecule has 0 atom stereocenters. The molecule has 100 heavy (non-hydrogen) atoms. The molecule has 11 rings (SSSR count). The smallest absolute Gasteiger partial charge is 0.394 e. The van der Waals surface area contributed by atoms with E-state index in [4.69, 9.17) is 26.3 Å². The summed E-state index contributed by atoms with van der Waals surface area (Å²) < 4.78 is 39.5. The van der Waals surface area contributed by atoms with Gasteiger partial charge in [-0.05, 0) is 113 Å². The first-order valence-electron chi connectivity index (χ1n) is 33.6. The van der Waals surface area contributed by atoms with E-state index in [1.807, 2.05) is 84.9 Å². The second-order valence-corrected chi connectivity index (χ2v) is 26.4. The van der Waals surface area contributed by atoms with Crippen LogP contribution in [0.2, 0.25) is 5.02 Å². The molecule has 6 aromatic heterocycles. The van der Waals surface area contributed by atoms with Crippen LogP contribution in [0.4, 0.5) is 8.78 Å². The van der Waals surface area contributed by atoms with E-state index in [1.165, 1.54) is 46.7 Å². The number of aromatic nitrogens is 9. The van der Waals surface area contributed by atoms with Crippen molar-refractivity contribution in [2.45, 2.75) is 131 Å². The van der Waals surface area contributed by atoms with Gasteiger partial charge >= 0.3 is 23.2 Å². The molecule has 11 aromatic rings. The first-order chi connectivity index (χ1) is 47.8. The fraction of sp³-hybridized carbons (Fsp3) is 0.346. The quantitative estimate of drug-likeness (QED) is 0.0540. The Bertz CT molecular complexity index is 5130. The summed E-state index contributed by atoms with van der Waals surface area (Å²) in [6, 6.07) is 39.4. The monoisotopic (exact) mass is 1380 g/mol. The van der Waals surface area contributed by atoms with Crippen LogP contribution in [0.15, 0.2) is 175 Å². The normalized spacial score (nSPS) is 11.6. The molecule has 0 saturated heterocycles. The van der Waals surface area contributed by atoms with Crippen molar-refractivity contribution >= 4 is 44.3 Å². The number of halogens is 3. The average Bonchev–Trinajstić information content (AvgIpc) is 0.757. The van der Waals surface area contributed by atoms with Crippen LogP contribution >= 0.6 is 11.6 Å². The summed E-state index contributed by atoms with van der Waals surface area (Å²) in [5, 5.41) is 29.7. The molecule has 0 radical (unpaired) electrons. The van der Waals surface area contributed by atoms with E-state index in [2.05, 4.69) is 64.7 Å². The van der Waals surface area contributed by atoms with E-state index < -0.39 is 23.0 Å². The number of ether oxygens (including phenoxy) is 1. The SMILES string of the molecule is CC(C)CCc1c(-c2ccccc2C(C)C)ncc2c1c(=O)n(CCCO)c(=O)n2C.CC(C)c1ccccc1-c1ncc2c(c1Cc1ccc(Cl)cc1)c(=O)n(CCCO)c(=O)n2C.Cn1c(=O)n(CCCO)c(=O)c2c(Cc3ccccc3)c(-c3cccc(OC(C)(F)F)c3)ncc21. The van der Waals surface area contributed by atoms with Gasteiger partial charge in [0.05, 0.1) is 68.4 Å². The average molecular weight is 1380 g/mol. The van der Waals surface area contributed by atoms with Gasteiger partial charge in [0.25, 0.3) is 16.7 Å². The van der Waals surface area contributed by atoms with Crippen molar-refractivity contribution in [3.8, 4) is 39.5 Å². The lowest BCUT2D eigenvalue weighted by molar-refractivity contribution is -0.158. The first kappa shape index (κ1) is 74.4. The molecule has 0 fully saturated rings. The lowest BCUT2D eigenvalue weighted by Gasteiger charge is -2.19.